The minimum atomic E-state index is -0.269. The van der Waals surface area contributed by atoms with Crippen molar-refractivity contribution in [2.75, 3.05) is 6.61 Å². The lowest BCUT2D eigenvalue weighted by atomic mass is 10.1. The summed E-state index contributed by atoms with van der Waals surface area (Å²) in [6.07, 6.45) is 0.771. The van der Waals surface area contributed by atoms with Crippen LogP contribution in [0.3, 0.4) is 0 Å². The highest BCUT2D eigenvalue weighted by Crippen LogP contribution is 2.30. The summed E-state index contributed by atoms with van der Waals surface area (Å²) >= 11 is 0. The van der Waals surface area contributed by atoms with Gasteiger partial charge in [-0.05, 0) is 44.0 Å². The highest BCUT2D eigenvalue weighted by atomic mass is 35.5. The first-order valence-electron chi connectivity index (χ1n) is 7.47. The molecule has 1 unspecified atom stereocenters. The van der Waals surface area contributed by atoms with E-state index in [2.05, 4.69) is 0 Å². The van der Waals surface area contributed by atoms with Gasteiger partial charge in [-0.1, -0.05) is 24.3 Å². The van der Waals surface area contributed by atoms with Gasteiger partial charge in [0.15, 0.2) is 11.5 Å². The molecule has 5 heteroatoms. The Kier molecular flexibility index (Phi) is 7.86. The van der Waals surface area contributed by atoms with Crippen molar-refractivity contribution in [3.63, 3.8) is 0 Å². The first kappa shape index (κ1) is 19.3. The fourth-order valence-electron chi connectivity index (χ4n) is 2.21. The molecule has 2 aromatic carbocycles. The van der Waals surface area contributed by atoms with Gasteiger partial charge in [-0.3, -0.25) is 0 Å². The Morgan fingerprint density at radius 1 is 1.09 bits per heavy atom. The predicted octanol–water partition coefficient (Wildman–Crippen LogP) is 4.11. The zero-order valence-corrected chi connectivity index (χ0v) is 14.2. The van der Waals surface area contributed by atoms with E-state index in [9.17, 15) is 4.39 Å². The maximum atomic E-state index is 13.6. The molecule has 0 fully saturated rings. The summed E-state index contributed by atoms with van der Waals surface area (Å²) in [6, 6.07) is 12.4. The summed E-state index contributed by atoms with van der Waals surface area (Å²) in [4.78, 5) is 0. The number of hydrogen-bond donors (Lipinski definition) is 1. The number of nitrogens with two attached hydrogens (primary N) is 1. The van der Waals surface area contributed by atoms with Crippen LogP contribution in [0.25, 0.3) is 0 Å². The fourth-order valence-corrected chi connectivity index (χ4v) is 2.21. The van der Waals surface area contributed by atoms with Gasteiger partial charge < -0.3 is 15.2 Å². The van der Waals surface area contributed by atoms with Crippen molar-refractivity contribution >= 4 is 12.4 Å². The zero-order chi connectivity index (χ0) is 15.9. The van der Waals surface area contributed by atoms with Gasteiger partial charge in [0.1, 0.15) is 12.4 Å². The van der Waals surface area contributed by atoms with Gasteiger partial charge in [0.2, 0.25) is 0 Å². The monoisotopic (exact) mass is 339 g/mol. The normalized spacial score (nSPS) is 11.5. The van der Waals surface area contributed by atoms with Crippen LogP contribution in [0.2, 0.25) is 0 Å². The second-order valence-electron chi connectivity index (χ2n) is 5.28. The van der Waals surface area contributed by atoms with Crippen LogP contribution in [0.1, 0.15) is 25.0 Å². The average Bonchev–Trinajstić information content (AvgIpc) is 2.48. The summed E-state index contributed by atoms with van der Waals surface area (Å²) in [7, 11) is 0. The van der Waals surface area contributed by atoms with Gasteiger partial charge in [0, 0.05) is 11.6 Å². The first-order valence-corrected chi connectivity index (χ1v) is 7.47. The second-order valence-corrected chi connectivity index (χ2v) is 5.28. The molecule has 0 radical (unpaired) electrons. The minimum Gasteiger partial charge on any atom is -0.490 e. The molecule has 0 spiro atoms. The largest absolute Gasteiger partial charge is 0.490 e. The third-order valence-electron chi connectivity index (χ3n) is 3.21. The second kappa shape index (κ2) is 9.38. The van der Waals surface area contributed by atoms with E-state index in [1.54, 1.807) is 18.2 Å². The van der Waals surface area contributed by atoms with Crippen LogP contribution in [0.15, 0.2) is 42.5 Å². The van der Waals surface area contributed by atoms with Crippen LogP contribution in [0.5, 0.6) is 11.5 Å². The third-order valence-corrected chi connectivity index (χ3v) is 3.21. The van der Waals surface area contributed by atoms with Crippen molar-refractivity contribution < 1.29 is 13.9 Å². The van der Waals surface area contributed by atoms with Crippen LogP contribution in [-0.2, 0) is 13.0 Å². The smallest absolute Gasteiger partial charge is 0.161 e. The molecule has 0 saturated heterocycles. The van der Waals surface area contributed by atoms with E-state index in [1.807, 2.05) is 32.0 Å². The number of benzene rings is 2. The summed E-state index contributed by atoms with van der Waals surface area (Å²) in [5.41, 5.74) is 7.44. The van der Waals surface area contributed by atoms with E-state index in [0.717, 1.165) is 12.0 Å². The van der Waals surface area contributed by atoms with Gasteiger partial charge in [0.25, 0.3) is 0 Å². The molecule has 2 aromatic rings. The molecule has 0 aliphatic rings. The molecule has 2 rings (SSSR count). The quantitative estimate of drug-likeness (QED) is 0.825. The van der Waals surface area contributed by atoms with Gasteiger partial charge in [-0.15, -0.1) is 12.4 Å². The van der Waals surface area contributed by atoms with Crippen molar-refractivity contribution in [3.8, 4) is 11.5 Å². The lowest BCUT2D eigenvalue weighted by molar-refractivity contribution is 0.265. The lowest BCUT2D eigenvalue weighted by Crippen LogP contribution is -2.17. The lowest BCUT2D eigenvalue weighted by Gasteiger charge is -2.14. The molecule has 1 atom stereocenters. The predicted molar refractivity (Wildman–Crippen MR) is 92.9 cm³/mol. The SMILES string of the molecule is CCOc1cc(CC(C)N)ccc1OCc1ccccc1F.Cl. The van der Waals surface area contributed by atoms with Crippen LogP contribution in [0, 0.1) is 5.82 Å². The molecule has 0 amide bonds. The summed E-state index contributed by atoms with van der Waals surface area (Å²) in [6.45, 7) is 4.58. The maximum absolute atomic E-state index is 13.6. The first-order chi connectivity index (χ1) is 10.6. The van der Waals surface area contributed by atoms with Crippen molar-refractivity contribution in [3.05, 3.63) is 59.4 Å². The highest BCUT2D eigenvalue weighted by Gasteiger charge is 2.09. The minimum absolute atomic E-state index is 0. The van der Waals surface area contributed by atoms with Crippen molar-refractivity contribution in [1.29, 1.82) is 0 Å². The molecular weight excluding hydrogens is 317 g/mol. The summed E-state index contributed by atoms with van der Waals surface area (Å²) < 4.78 is 25.0. The molecule has 0 saturated carbocycles. The Labute approximate surface area is 143 Å². The molecule has 0 aliphatic heterocycles. The van der Waals surface area contributed by atoms with E-state index < -0.39 is 0 Å². The maximum Gasteiger partial charge on any atom is 0.161 e. The molecule has 0 heterocycles. The molecule has 0 aliphatic carbocycles. The fraction of sp³-hybridized carbons (Fsp3) is 0.333. The molecular formula is C18H23ClFNO2. The van der Waals surface area contributed by atoms with E-state index in [-0.39, 0.29) is 30.9 Å². The van der Waals surface area contributed by atoms with Gasteiger partial charge in [0.05, 0.1) is 6.61 Å². The zero-order valence-electron chi connectivity index (χ0n) is 13.4. The number of ether oxygens (including phenoxy) is 2. The van der Waals surface area contributed by atoms with Gasteiger partial charge >= 0.3 is 0 Å². The Hall–Kier alpha value is -1.78. The van der Waals surface area contributed by atoms with Gasteiger partial charge in [-0.25, -0.2) is 4.39 Å². The summed E-state index contributed by atoms with van der Waals surface area (Å²) in [5.74, 6) is 1.00. The average molecular weight is 340 g/mol. The molecule has 2 N–H and O–H groups in total. The molecule has 126 valence electrons. The Morgan fingerprint density at radius 2 is 1.83 bits per heavy atom. The number of halogens is 2. The Morgan fingerprint density at radius 3 is 2.48 bits per heavy atom. The molecule has 0 bridgehead atoms. The van der Waals surface area contributed by atoms with Crippen LogP contribution >= 0.6 is 12.4 Å². The molecule has 23 heavy (non-hydrogen) atoms. The van der Waals surface area contributed by atoms with Gasteiger partial charge in [-0.2, -0.15) is 0 Å². The standard InChI is InChI=1S/C18H22FNO2.ClH/c1-3-21-18-11-14(10-13(2)20)8-9-17(18)22-12-15-6-4-5-7-16(15)19;/h4-9,11,13H,3,10,12,20H2,1-2H3;1H. The summed E-state index contributed by atoms with van der Waals surface area (Å²) in [5, 5.41) is 0. The number of hydrogen-bond acceptors (Lipinski definition) is 3. The van der Waals surface area contributed by atoms with E-state index >= 15 is 0 Å². The highest BCUT2D eigenvalue weighted by molar-refractivity contribution is 5.85. The topological polar surface area (TPSA) is 44.5 Å². The molecule has 0 aromatic heterocycles. The van der Waals surface area contributed by atoms with Crippen molar-refractivity contribution in [2.45, 2.75) is 32.9 Å². The van der Waals surface area contributed by atoms with Crippen molar-refractivity contribution in [2.24, 2.45) is 5.73 Å². The Balaban J connectivity index is 0.00000264. The third kappa shape index (κ3) is 5.73. The van der Waals surface area contributed by atoms with Crippen LogP contribution in [-0.4, -0.2) is 12.6 Å². The Bertz CT molecular complexity index is 620. The van der Waals surface area contributed by atoms with E-state index in [4.69, 9.17) is 15.2 Å². The van der Waals surface area contributed by atoms with Crippen molar-refractivity contribution in [1.82, 2.24) is 0 Å². The molecule has 3 nitrogen and oxygen atoms in total. The van der Waals surface area contributed by atoms with Crippen LogP contribution in [0.4, 0.5) is 4.39 Å². The van der Waals surface area contributed by atoms with E-state index in [0.29, 0.717) is 23.7 Å². The van der Waals surface area contributed by atoms with E-state index in [1.165, 1.54) is 6.07 Å². The van der Waals surface area contributed by atoms with Crippen LogP contribution < -0.4 is 15.2 Å². The number of rotatable bonds is 7.